The van der Waals surface area contributed by atoms with E-state index in [2.05, 4.69) is 0 Å². The minimum atomic E-state index is -3.35. The van der Waals surface area contributed by atoms with E-state index in [0.29, 0.717) is 32.6 Å². The molecule has 96 valence electrons. The van der Waals surface area contributed by atoms with Crippen molar-refractivity contribution in [1.29, 1.82) is 0 Å². The van der Waals surface area contributed by atoms with Crippen LogP contribution in [0.3, 0.4) is 0 Å². The highest BCUT2D eigenvalue weighted by atomic mass is 32.2. The lowest BCUT2D eigenvalue weighted by Gasteiger charge is -2.23. The number of hydrogen-bond acceptors (Lipinski definition) is 4. The van der Waals surface area contributed by atoms with Gasteiger partial charge in [-0.15, -0.1) is 0 Å². The number of rotatable bonds is 6. The van der Waals surface area contributed by atoms with Crippen molar-refractivity contribution in [2.45, 2.75) is 12.8 Å². The van der Waals surface area contributed by atoms with Crippen molar-refractivity contribution in [3.8, 4) is 0 Å². The van der Waals surface area contributed by atoms with E-state index in [1.165, 1.54) is 8.61 Å². The molecule has 1 heterocycles. The summed E-state index contributed by atoms with van der Waals surface area (Å²) in [6.07, 6.45) is 1.40. The summed E-state index contributed by atoms with van der Waals surface area (Å²) in [7, 11) is -1.79. The molecule has 1 unspecified atom stereocenters. The van der Waals surface area contributed by atoms with E-state index in [-0.39, 0.29) is 12.5 Å². The zero-order chi connectivity index (χ0) is 12.2. The molecule has 1 aliphatic heterocycles. The van der Waals surface area contributed by atoms with Gasteiger partial charge < -0.3 is 10.8 Å². The molecule has 6 nitrogen and oxygen atoms in total. The molecular weight excluding hydrogens is 230 g/mol. The van der Waals surface area contributed by atoms with E-state index >= 15 is 0 Å². The minimum Gasteiger partial charge on any atom is -0.396 e. The lowest BCUT2D eigenvalue weighted by molar-refractivity contribution is 0.232. The first kappa shape index (κ1) is 13.9. The van der Waals surface area contributed by atoms with Crippen LogP contribution in [0.5, 0.6) is 0 Å². The smallest absolute Gasteiger partial charge is 0.281 e. The number of nitrogens with zero attached hydrogens (tertiary/aromatic N) is 2. The van der Waals surface area contributed by atoms with Gasteiger partial charge in [-0.3, -0.25) is 0 Å². The Morgan fingerprint density at radius 3 is 2.75 bits per heavy atom. The van der Waals surface area contributed by atoms with E-state index in [0.717, 1.165) is 6.42 Å². The van der Waals surface area contributed by atoms with Gasteiger partial charge in [0.2, 0.25) is 0 Å². The molecule has 7 heteroatoms. The van der Waals surface area contributed by atoms with Gasteiger partial charge in [-0.05, 0) is 25.3 Å². The molecule has 0 radical (unpaired) electrons. The Bertz CT molecular complexity index is 307. The third kappa shape index (κ3) is 3.14. The fraction of sp³-hybridized carbons (Fsp3) is 1.00. The summed E-state index contributed by atoms with van der Waals surface area (Å²) in [5.41, 5.74) is 5.35. The minimum absolute atomic E-state index is 0.0541. The SMILES string of the molecule is CN(CCCN)S(=O)(=O)N1CCC(CO)C1. The summed E-state index contributed by atoms with van der Waals surface area (Å²) in [5, 5.41) is 8.98. The number of nitrogens with two attached hydrogens (primary N) is 1. The highest BCUT2D eigenvalue weighted by molar-refractivity contribution is 7.86. The van der Waals surface area contributed by atoms with Crippen molar-refractivity contribution in [1.82, 2.24) is 8.61 Å². The Kier molecular flexibility index (Phi) is 5.13. The summed E-state index contributed by atoms with van der Waals surface area (Å²) in [5.74, 6) is 0.0812. The predicted octanol–water partition coefficient (Wildman–Crippen LogP) is -1.17. The molecule has 0 aromatic rings. The Morgan fingerprint density at radius 1 is 1.56 bits per heavy atom. The maximum absolute atomic E-state index is 12.0. The lowest BCUT2D eigenvalue weighted by atomic mass is 10.1. The molecule has 0 saturated carbocycles. The van der Waals surface area contributed by atoms with Gasteiger partial charge in [-0.2, -0.15) is 17.0 Å². The van der Waals surface area contributed by atoms with Crippen LogP contribution >= 0.6 is 0 Å². The largest absolute Gasteiger partial charge is 0.396 e. The van der Waals surface area contributed by atoms with Crippen LogP contribution in [0.2, 0.25) is 0 Å². The van der Waals surface area contributed by atoms with Crippen LogP contribution in [0.15, 0.2) is 0 Å². The topological polar surface area (TPSA) is 86.9 Å². The van der Waals surface area contributed by atoms with Gasteiger partial charge in [-0.1, -0.05) is 0 Å². The first-order chi connectivity index (χ1) is 7.52. The van der Waals surface area contributed by atoms with Crippen molar-refractivity contribution in [3.63, 3.8) is 0 Å². The normalized spacial score (nSPS) is 23.1. The number of aliphatic hydroxyl groups excluding tert-OH is 1. The molecule has 16 heavy (non-hydrogen) atoms. The molecular formula is C9H21N3O3S. The summed E-state index contributed by atoms with van der Waals surface area (Å²) >= 11 is 0. The molecule has 0 bridgehead atoms. The van der Waals surface area contributed by atoms with Crippen LogP contribution in [-0.4, -0.2) is 62.0 Å². The highest BCUT2D eigenvalue weighted by Crippen LogP contribution is 2.20. The molecule has 1 atom stereocenters. The van der Waals surface area contributed by atoms with Gasteiger partial charge >= 0.3 is 0 Å². The van der Waals surface area contributed by atoms with E-state index in [9.17, 15) is 8.42 Å². The van der Waals surface area contributed by atoms with E-state index in [1.54, 1.807) is 7.05 Å². The van der Waals surface area contributed by atoms with Crippen LogP contribution in [0.4, 0.5) is 0 Å². The van der Waals surface area contributed by atoms with Gasteiger partial charge in [0.25, 0.3) is 10.2 Å². The predicted molar refractivity (Wildman–Crippen MR) is 62.0 cm³/mol. The van der Waals surface area contributed by atoms with Crippen molar-refractivity contribution in [2.24, 2.45) is 11.7 Å². The highest BCUT2D eigenvalue weighted by Gasteiger charge is 2.33. The molecule has 0 spiro atoms. The Hall–Kier alpha value is -0.210. The van der Waals surface area contributed by atoms with Crippen LogP contribution < -0.4 is 5.73 Å². The fourth-order valence-corrected chi connectivity index (χ4v) is 3.27. The molecule has 0 aromatic carbocycles. The van der Waals surface area contributed by atoms with Gasteiger partial charge in [0.1, 0.15) is 0 Å². The Balaban J connectivity index is 2.57. The van der Waals surface area contributed by atoms with Crippen LogP contribution in [0.1, 0.15) is 12.8 Å². The summed E-state index contributed by atoms with van der Waals surface area (Å²) in [6, 6.07) is 0. The van der Waals surface area contributed by atoms with Crippen molar-refractivity contribution < 1.29 is 13.5 Å². The zero-order valence-corrected chi connectivity index (χ0v) is 10.5. The van der Waals surface area contributed by atoms with Gasteiger partial charge in [-0.25, -0.2) is 0 Å². The maximum atomic E-state index is 12.0. The average Bonchev–Trinajstić information content (AvgIpc) is 2.74. The van der Waals surface area contributed by atoms with Crippen molar-refractivity contribution in [2.75, 3.05) is 39.8 Å². The second-order valence-electron chi connectivity index (χ2n) is 4.17. The van der Waals surface area contributed by atoms with Gasteiger partial charge in [0, 0.05) is 33.3 Å². The number of hydrogen-bond donors (Lipinski definition) is 2. The monoisotopic (exact) mass is 251 g/mol. The van der Waals surface area contributed by atoms with Gasteiger partial charge in [0.05, 0.1) is 0 Å². The third-order valence-electron chi connectivity index (χ3n) is 2.90. The zero-order valence-electron chi connectivity index (χ0n) is 9.67. The van der Waals surface area contributed by atoms with E-state index in [1.807, 2.05) is 0 Å². The summed E-state index contributed by atoms with van der Waals surface area (Å²) in [6.45, 7) is 1.91. The second-order valence-corrected chi connectivity index (χ2v) is 6.20. The molecule has 1 aliphatic rings. The molecule has 1 fully saturated rings. The first-order valence-electron chi connectivity index (χ1n) is 5.54. The standard InChI is InChI=1S/C9H21N3O3S/c1-11(5-2-4-10)16(14,15)12-6-3-9(7-12)8-13/h9,13H,2-8,10H2,1H3. The molecule has 0 amide bonds. The molecule has 3 N–H and O–H groups in total. The van der Waals surface area contributed by atoms with Crippen LogP contribution in [0, 0.1) is 5.92 Å². The molecule has 0 aromatic heterocycles. The van der Waals surface area contributed by atoms with Crippen LogP contribution in [-0.2, 0) is 10.2 Å². The summed E-state index contributed by atoms with van der Waals surface area (Å²) < 4.78 is 26.8. The fourth-order valence-electron chi connectivity index (χ4n) is 1.78. The molecule has 1 saturated heterocycles. The lowest BCUT2D eigenvalue weighted by Crippen LogP contribution is -2.41. The van der Waals surface area contributed by atoms with Crippen molar-refractivity contribution >= 4 is 10.2 Å². The van der Waals surface area contributed by atoms with Crippen LogP contribution in [0.25, 0.3) is 0 Å². The Morgan fingerprint density at radius 2 is 2.25 bits per heavy atom. The van der Waals surface area contributed by atoms with E-state index < -0.39 is 10.2 Å². The second kappa shape index (κ2) is 5.92. The third-order valence-corrected chi connectivity index (χ3v) is 4.86. The average molecular weight is 251 g/mol. The molecule has 1 rings (SSSR count). The molecule has 0 aliphatic carbocycles. The Labute approximate surface area is 97.2 Å². The number of aliphatic hydroxyl groups is 1. The first-order valence-corrected chi connectivity index (χ1v) is 6.94. The van der Waals surface area contributed by atoms with Gasteiger partial charge in [0.15, 0.2) is 0 Å². The van der Waals surface area contributed by atoms with Crippen molar-refractivity contribution in [3.05, 3.63) is 0 Å². The summed E-state index contributed by atoms with van der Waals surface area (Å²) in [4.78, 5) is 0. The van der Waals surface area contributed by atoms with E-state index in [4.69, 9.17) is 10.8 Å². The quantitative estimate of drug-likeness (QED) is 0.622. The maximum Gasteiger partial charge on any atom is 0.281 e.